The van der Waals surface area contributed by atoms with Crippen molar-refractivity contribution in [1.29, 1.82) is 0 Å². The average Bonchev–Trinajstić information content (AvgIpc) is 3.55. The molecule has 2 aliphatic carbocycles. The average molecular weight is 453 g/mol. The molecule has 0 unspecified atom stereocenters. The first-order valence-corrected chi connectivity index (χ1v) is 11.0. The van der Waals surface area contributed by atoms with Gasteiger partial charge in [-0.3, -0.25) is 9.59 Å². The maximum atomic E-state index is 12.9. The molecule has 2 aromatic rings. The smallest absolute Gasteiger partial charge is 0.407 e. The van der Waals surface area contributed by atoms with E-state index in [0.29, 0.717) is 12.8 Å². The molecule has 1 fully saturated rings. The van der Waals surface area contributed by atoms with Crippen LogP contribution < -0.4 is 5.32 Å². The number of fused-ring (bicyclic) bond motifs is 3. The quantitative estimate of drug-likeness (QED) is 0.574. The molecule has 0 atom stereocenters. The Kier molecular flexibility index (Phi) is 6.65. The fourth-order valence-corrected chi connectivity index (χ4v) is 4.46. The van der Waals surface area contributed by atoms with E-state index in [9.17, 15) is 14.4 Å². The SMILES string of the molecule is COCCN(CC(=O)O)C(=O)C1(CNC(=O)OCC2c3ccccc3-c3ccccc32)CC1. The number of hydrogen-bond acceptors (Lipinski definition) is 5. The van der Waals surface area contributed by atoms with E-state index in [-0.39, 0.29) is 38.1 Å². The van der Waals surface area contributed by atoms with Crippen LogP contribution in [-0.2, 0) is 19.1 Å². The molecule has 0 spiro atoms. The summed E-state index contributed by atoms with van der Waals surface area (Å²) in [5.41, 5.74) is 3.79. The predicted octanol–water partition coefficient (Wildman–Crippen LogP) is 2.86. The number of amides is 2. The fraction of sp³-hybridized carbons (Fsp3) is 0.400. The lowest BCUT2D eigenvalue weighted by Gasteiger charge is -2.26. The van der Waals surface area contributed by atoms with Crippen LogP contribution in [-0.4, -0.2) is 67.9 Å². The van der Waals surface area contributed by atoms with Gasteiger partial charge in [0, 0.05) is 26.1 Å². The lowest BCUT2D eigenvalue weighted by Crippen LogP contribution is -2.46. The van der Waals surface area contributed by atoms with Gasteiger partial charge in [0.05, 0.1) is 12.0 Å². The van der Waals surface area contributed by atoms with Crippen LogP contribution in [0.1, 0.15) is 29.9 Å². The van der Waals surface area contributed by atoms with Gasteiger partial charge in [-0.2, -0.15) is 0 Å². The number of ether oxygens (including phenoxy) is 2. The molecule has 174 valence electrons. The van der Waals surface area contributed by atoms with Gasteiger partial charge in [0.15, 0.2) is 0 Å². The third-order valence-corrected chi connectivity index (χ3v) is 6.40. The third-order valence-electron chi connectivity index (χ3n) is 6.40. The van der Waals surface area contributed by atoms with E-state index in [4.69, 9.17) is 14.6 Å². The number of hydrogen-bond donors (Lipinski definition) is 2. The molecule has 8 heteroatoms. The number of rotatable bonds is 10. The molecule has 0 bridgehead atoms. The molecule has 2 aromatic carbocycles. The van der Waals surface area contributed by atoms with Crippen molar-refractivity contribution < 1.29 is 29.0 Å². The minimum atomic E-state index is -1.08. The molecule has 0 saturated heterocycles. The number of carbonyl (C=O) groups is 3. The fourth-order valence-electron chi connectivity index (χ4n) is 4.46. The van der Waals surface area contributed by atoms with Crippen LogP contribution in [0.5, 0.6) is 0 Å². The molecule has 1 saturated carbocycles. The summed E-state index contributed by atoms with van der Waals surface area (Å²) in [5.74, 6) is -1.40. The lowest BCUT2D eigenvalue weighted by atomic mass is 9.98. The Morgan fingerprint density at radius 3 is 2.21 bits per heavy atom. The highest BCUT2D eigenvalue weighted by Gasteiger charge is 2.52. The molecule has 33 heavy (non-hydrogen) atoms. The van der Waals surface area contributed by atoms with E-state index < -0.39 is 24.0 Å². The van der Waals surface area contributed by atoms with Gasteiger partial charge in [-0.15, -0.1) is 0 Å². The number of alkyl carbamates (subject to hydrolysis) is 1. The van der Waals surface area contributed by atoms with Crippen LogP contribution in [0.3, 0.4) is 0 Å². The summed E-state index contributed by atoms with van der Waals surface area (Å²) >= 11 is 0. The highest BCUT2D eigenvalue weighted by molar-refractivity contribution is 5.89. The molecule has 8 nitrogen and oxygen atoms in total. The highest BCUT2D eigenvalue weighted by atomic mass is 16.5. The molecule has 0 radical (unpaired) electrons. The summed E-state index contributed by atoms with van der Waals surface area (Å²) in [6.07, 6.45) is 0.606. The van der Waals surface area contributed by atoms with Crippen molar-refractivity contribution in [2.24, 2.45) is 5.41 Å². The Balaban J connectivity index is 1.34. The van der Waals surface area contributed by atoms with Gasteiger partial charge in [0.1, 0.15) is 13.2 Å². The summed E-state index contributed by atoms with van der Waals surface area (Å²) in [4.78, 5) is 37.8. The molecule has 2 aliphatic rings. The first kappa shape index (κ1) is 22.8. The molecule has 2 N–H and O–H groups in total. The van der Waals surface area contributed by atoms with E-state index in [2.05, 4.69) is 29.6 Å². The zero-order valence-corrected chi connectivity index (χ0v) is 18.6. The number of nitrogens with one attached hydrogen (secondary N) is 1. The predicted molar refractivity (Wildman–Crippen MR) is 121 cm³/mol. The van der Waals surface area contributed by atoms with Gasteiger partial charge < -0.3 is 24.8 Å². The molecular formula is C25H28N2O6. The zero-order valence-electron chi connectivity index (χ0n) is 18.6. The normalized spacial score (nSPS) is 15.3. The Morgan fingerprint density at radius 1 is 1.06 bits per heavy atom. The number of carboxylic acids is 1. The second kappa shape index (κ2) is 9.62. The van der Waals surface area contributed by atoms with Crippen LogP contribution in [0.25, 0.3) is 11.1 Å². The Morgan fingerprint density at radius 2 is 1.67 bits per heavy atom. The number of benzene rings is 2. The van der Waals surface area contributed by atoms with Gasteiger partial charge in [0.25, 0.3) is 0 Å². The molecular weight excluding hydrogens is 424 g/mol. The maximum absolute atomic E-state index is 12.9. The van der Waals surface area contributed by atoms with Crippen molar-refractivity contribution in [2.45, 2.75) is 18.8 Å². The molecule has 4 rings (SSSR count). The Bertz CT molecular complexity index is 1000. The first-order chi connectivity index (χ1) is 15.9. The van der Waals surface area contributed by atoms with Crippen LogP contribution >= 0.6 is 0 Å². The summed E-state index contributed by atoms with van der Waals surface area (Å²) in [5, 5.41) is 11.8. The van der Waals surface area contributed by atoms with E-state index in [1.165, 1.54) is 12.0 Å². The lowest BCUT2D eigenvalue weighted by molar-refractivity contribution is -0.147. The highest BCUT2D eigenvalue weighted by Crippen LogP contribution is 2.47. The van der Waals surface area contributed by atoms with Gasteiger partial charge in [0.2, 0.25) is 5.91 Å². The van der Waals surface area contributed by atoms with Crippen molar-refractivity contribution in [2.75, 3.05) is 40.0 Å². The summed E-state index contributed by atoms with van der Waals surface area (Å²) in [7, 11) is 1.50. The van der Waals surface area contributed by atoms with Crippen LogP contribution in [0, 0.1) is 5.41 Å². The summed E-state index contributed by atoms with van der Waals surface area (Å²) in [6.45, 7) is 0.351. The Labute approximate surface area is 192 Å². The number of aliphatic carboxylic acids is 1. The van der Waals surface area contributed by atoms with Gasteiger partial charge in [-0.25, -0.2) is 4.79 Å². The monoisotopic (exact) mass is 452 g/mol. The van der Waals surface area contributed by atoms with Crippen molar-refractivity contribution in [3.63, 3.8) is 0 Å². The molecule has 0 aliphatic heterocycles. The van der Waals surface area contributed by atoms with E-state index in [1.54, 1.807) is 0 Å². The van der Waals surface area contributed by atoms with Crippen molar-refractivity contribution in [1.82, 2.24) is 10.2 Å². The van der Waals surface area contributed by atoms with Gasteiger partial charge in [-0.05, 0) is 35.1 Å². The zero-order chi connectivity index (χ0) is 23.4. The summed E-state index contributed by atoms with van der Waals surface area (Å²) in [6, 6.07) is 16.2. The van der Waals surface area contributed by atoms with E-state index in [0.717, 1.165) is 22.3 Å². The van der Waals surface area contributed by atoms with Gasteiger partial charge in [-0.1, -0.05) is 48.5 Å². The second-order valence-corrected chi connectivity index (χ2v) is 8.57. The largest absolute Gasteiger partial charge is 0.480 e. The van der Waals surface area contributed by atoms with Crippen molar-refractivity contribution >= 4 is 18.0 Å². The van der Waals surface area contributed by atoms with Crippen LogP contribution in [0.2, 0.25) is 0 Å². The third kappa shape index (κ3) is 4.85. The first-order valence-electron chi connectivity index (χ1n) is 11.0. The van der Waals surface area contributed by atoms with E-state index in [1.807, 2.05) is 24.3 Å². The molecule has 0 heterocycles. The van der Waals surface area contributed by atoms with E-state index >= 15 is 0 Å². The standard InChI is InChI=1S/C25H28N2O6/c1-32-13-12-27(14-22(28)29)23(30)25(10-11-25)16-26-24(31)33-15-21-19-8-4-2-6-17(19)18-7-3-5-9-20(18)21/h2-9,21H,10-16H2,1H3,(H,26,31)(H,28,29). The number of nitrogens with zero attached hydrogens (tertiary/aromatic N) is 1. The molecule has 2 amide bonds. The minimum absolute atomic E-state index is 0.0419. The summed E-state index contributed by atoms with van der Waals surface area (Å²) < 4.78 is 10.5. The topological polar surface area (TPSA) is 105 Å². The van der Waals surface area contributed by atoms with Gasteiger partial charge >= 0.3 is 12.1 Å². The number of carbonyl (C=O) groups excluding carboxylic acids is 2. The second-order valence-electron chi connectivity index (χ2n) is 8.57. The molecule has 0 aromatic heterocycles. The number of carboxylic acid groups (broad SMARTS) is 1. The van der Waals surface area contributed by atoms with Crippen LogP contribution in [0.4, 0.5) is 4.79 Å². The Hall–Kier alpha value is -3.39. The van der Waals surface area contributed by atoms with Crippen molar-refractivity contribution in [3.05, 3.63) is 59.7 Å². The number of methoxy groups -OCH3 is 1. The minimum Gasteiger partial charge on any atom is -0.480 e. The van der Waals surface area contributed by atoms with Crippen LogP contribution in [0.15, 0.2) is 48.5 Å². The maximum Gasteiger partial charge on any atom is 0.407 e. The van der Waals surface area contributed by atoms with Crippen molar-refractivity contribution in [3.8, 4) is 11.1 Å².